The maximum absolute atomic E-state index is 11.3. The molecule has 0 spiro atoms. The van der Waals surface area contributed by atoms with Gasteiger partial charge in [-0.25, -0.2) is 4.79 Å². The highest BCUT2D eigenvalue weighted by Crippen LogP contribution is 2.17. The molecular formula is C10H8O4. The van der Waals surface area contributed by atoms with Gasteiger partial charge in [-0.1, -0.05) is 0 Å². The zero-order chi connectivity index (χ0) is 10.3. The lowest BCUT2D eigenvalue weighted by atomic mass is 10.3. The predicted octanol–water partition coefficient (Wildman–Crippen LogP) is 1.90. The molecule has 2 aromatic heterocycles. The van der Waals surface area contributed by atoms with E-state index in [0.29, 0.717) is 16.7 Å². The van der Waals surface area contributed by atoms with Gasteiger partial charge in [0.05, 0.1) is 0 Å². The summed E-state index contributed by atoms with van der Waals surface area (Å²) < 4.78 is 10.0. The van der Waals surface area contributed by atoms with Crippen LogP contribution in [-0.4, -0.2) is 5.78 Å². The van der Waals surface area contributed by atoms with Crippen LogP contribution in [0.1, 0.15) is 23.2 Å². The lowest BCUT2D eigenvalue weighted by Crippen LogP contribution is -1.97. The molecule has 0 bridgehead atoms. The van der Waals surface area contributed by atoms with Gasteiger partial charge in [0.1, 0.15) is 16.7 Å². The molecule has 0 fully saturated rings. The average molecular weight is 192 g/mol. The van der Waals surface area contributed by atoms with Crippen LogP contribution < -0.4 is 5.63 Å². The van der Waals surface area contributed by atoms with Crippen molar-refractivity contribution in [2.45, 2.75) is 13.8 Å². The summed E-state index contributed by atoms with van der Waals surface area (Å²) in [5, 5.41) is 0.306. The molecule has 0 aliphatic heterocycles. The van der Waals surface area contributed by atoms with Crippen LogP contribution in [0.25, 0.3) is 11.0 Å². The van der Waals surface area contributed by atoms with E-state index in [-0.39, 0.29) is 11.5 Å². The third-order valence-corrected chi connectivity index (χ3v) is 1.92. The molecule has 72 valence electrons. The van der Waals surface area contributed by atoms with Gasteiger partial charge in [0.2, 0.25) is 0 Å². The Morgan fingerprint density at radius 2 is 2.00 bits per heavy atom. The molecule has 0 aliphatic carbocycles. The van der Waals surface area contributed by atoms with Crippen LogP contribution in [0, 0.1) is 6.92 Å². The number of carbonyl (C=O) groups excluding carboxylic acids is 1. The Balaban J connectivity index is 2.83. The standard InChI is InChI=1S/C10H8O4/c1-5-3-9-7(10(12)13-5)4-8(14-9)6(2)11/h3-4H,1-2H3. The van der Waals surface area contributed by atoms with Crippen LogP contribution in [-0.2, 0) is 0 Å². The summed E-state index contributed by atoms with van der Waals surface area (Å²) in [6.07, 6.45) is 0. The number of fused-ring (bicyclic) bond motifs is 1. The van der Waals surface area contributed by atoms with Crippen molar-refractivity contribution < 1.29 is 13.6 Å². The van der Waals surface area contributed by atoms with Crippen molar-refractivity contribution in [2.75, 3.05) is 0 Å². The van der Waals surface area contributed by atoms with E-state index in [1.165, 1.54) is 13.0 Å². The second kappa shape index (κ2) is 2.83. The zero-order valence-electron chi connectivity index (χ0n) is 7.79. The van der Waals surface area contributed by atoms with E-state index in [1.807, 2.05) is 0 Å². The molecule has 0 radical (unpaired) electrons. The second-order valence-corrected chi connectivity index (χ2v) is 3.09. The number of hydrogen-bond acceptors (Lipinski definition) is 4. The first-order valence-corrected chi connectivity index (χ1v) is 4.13. The molecule has 0 aromatic carbocycles. The van der Waals surface area contributed by atoms with E-state index in [2.05, 4.69) is 0 Å². The minimum absolute atomic E-state index is 0.179. The summed E-state index contributed by atoms with van der Waals surface area (Å²) in [4.78, 5) is 22.3. The Hall–Kier alpha value is -1.84. The molecular weight excluding hydrogens is 184 g/mol. The number of aryl methyl sites for hydroxylation is 1. The van der Waals surface area contributed by atoms with Crippen molar-refractivity contribution in [3.63, 3.8) is 0 Å². The number of furan rings is 1. The van der Waals surface area contributed by atoms with Crippen molar-refractivity contribution in [3.05, 3.63) is 34.1 Å². The SMILES string of the molecule is CC(=O)c1cc2c(=O)oc(C)cc2o1. The molecule has 4 nitrogen and oxygen atoms in total. The van der Waals surface area contributed by atoms with Crippen molar-refractivity contribution >= 4 is 16.8 Å². The van der Waals surface area contributed by atoms with Gasteiger partial charge in [-0.15, -0.1) is 0 Å². The van der Waals surface area contributed by atoms with Crippen molar-refractivity contribution in [1.82, 2.24) is 0 Å². The Bertz CT molecular complexity index is 559. The molecule has 0 N–H and O–H groups in total. The molecule has 0 amide bonds. The van der Waals surface area contributed by atoms with Crippen LogP contribution in [0.3, 0.4) is 0 Å². The Kier molecular flexibility index (Phi) is 1.77. The molecule has 2 aromatic rings. The van der Waals surface area contributed by atoms with E-state index >= 15 is 0 Å². The lowest BCUT2D eigenvalue weighted by molar-refractivity contribution is 0.0989. The smallest absolute Gasteiger partial charge is 0.347 e. The van der Waals surface area contributed by atoms with Gasteiger partial charge in [0.15, 0.2) is 11.5 Å². The Morgan fingerprint density at radius 1 is 1.29 bits per heavy atom. The first-order chi connectivity index (χ1) is 6.58. The van der Waals surface area contributed by atoms with Crippen LogP contribution in [0.15, 0.2) is 25.8 Å². The van der Waals surface area contributed by atoms with E-state index < -0.39 is 5.63 Å². The number of ketones is 1. The number of rotatable bonds is 1. The largest absolute Gasteiger partial charge is 0.453 e. The Labute approximate surface area is 79.1 Å². The molecule has 0 atom stereocenters. The summed E-state index contributed by atoms with van der Waals surface area (Å²) in [5.74, 6) is 0.433. The van der Waals surface area contributed by atoms with Crippen molar-refractivity contribution in [2.24, 2.45) is 0 Å². The summed E-state index contributed by atoms with van der Waals surface area (Å²) in [5.41, 5.74) is -0.0831. The Morgan fingerprint density at radius 3 is 2.64 bits per heavy atom. The van der Waals surface area contributed by atoms with Gasteiger partial charge in [-0.2, -0.15) is 0 Å². The topological polar surface area (TPSA) is 60.4 Å². The summed E-state index contributed by atoms with van der Waals surface area (Å²) in [7, 11) is 0. The van der Waals surface area contributed by atoms with Crippen molar-refractivity contribution in [1.29, 1.82) is 0 Å². The van der Waals surface area contributed by atoms with E-state index in [0.717, 1.165) is 0 Å². The van der Waals surface area contributed by atoms with Crippen LogP contribution >= 0.6 is 0 Å². The van der Waals surface area contributed by atoms with Crippen LogP contribution in [0.5, 0.6) is 0 Å². The molecule has 14 heavy (non-hydrogen) atoms. The summed E-state index contributed by atoms with van der Waals surface area (Å²) in [6.45, 7) is 3.03. The zero-order valence-corrected chi connectivity index (χ0v) is 7.79. The number of Topliss-reactive ketones (excluding diaryl/α,β-unsaturated/α-hetero) is 1. The van der Waals surface area contributed by atoms with Gasteiger partial charge in [0, 0.05) is 19.1 Å². The maximum Gasteiger partial charge on any atom is 0.347 e. The first kappa shape index (κ1) is 8.74. The predicted molar refractivity (Wildman–Crippen MR) is 49.5 cm³/mol. The molecule has 0 aliphatic rings. The minimum Gasteiger partial charge on any atom is -0.453 e. The number of carbonyl (C=O) groups is 1. The quantitative estimate of drug-likeness (QED) is 0.647. The van der Waals surface area contributed by atoms with Crippen LogP contribution in [0.2, 0.25) is 0 Å². The van der Waals surface area contributed by atoms with Gasteiger partial charge < -0.3 is 8.83 Å². The van der Waals surface area contributed by atoms with Crippen LogP contribution in [0.4, 0.5) is 0 Å². The van der Waals surface area contributed by atoms with E-state index in [9.17, 15) is 9.59 Å². The molecule has 2 rings (SSSR count). The second-order valence-electron chi connectivity index (χ2n) is 3.09. The first-order valence-electron chi connectivity index (χ1n) is 4.13. The molecule has 0 saturated carbocycles. The normalized spacial score (nSPS) is 10.7. The minimum atomic E-state index is -0.476. The molecule has 0 unspecified atom stereocenters. The fourth-order valence-electron chi connectivity index (χ4n) is 1.26. The summed E-state index contributed by atoms with van der Waals surface area (Å²) in [6, 6.07) is 2.99. The third-order valence-electron chi connectivity index (χ3n) is 1.92. The van der Waals surface area contributed by atoms with E-state index in [1.54, 1.807) is 13.0 Å². The van der Waals surface area contributed by atoms with E-state index in [4.69, 9.17) is 8.83 Å². The molecule has 4 heteroatoms. The lowest BCUT2D eigenvalue weighted by Gasteiger charge is -1.89. The summed E-state index contributed by atoms with van der Waals surface area (Å²) >= 11 is 0. The molecule has 0 saturated heterocycles. The van der Waals surface area contributed by atoms with Gasteiger partial charge >= 0.3 is 5.63 Å². The van der Waals surface area contributed by atoms with Crippen molar-refractivity contribution in [3.8, 4) is 0 Å². The highest BCUT2D eigenvalue weighted by atomic mass is 16.4. The average Bonchev–Trinajstić information content (AvgIpc) is 2.47. The van der Waals surface area contributed by atoms with Gasteiger partial charge in [-0.3, -0.25) is 4.79 Å². The van der Waals surface area contributed by atoms with Gasteiger partial charge in [-0.05, 0) is 6.92 Å². The fraction of sp³-hybridized carbons (Fsp3) is 0.200. The monoisotopic (exact) mass is 192 g/mol. The highest BCUT2D eigenvalue weighted by molar-refractivity contribution is 5.95. The fourth-order valence-corrected chi connectivity index (χ4v) is 1.26. The third kappa shape index (κ3) is 1.25. The van der Waals surface area contributed by atoms with Gasteiger partial charge in [0.25, 0.3) is 0 Å². The maximum atomic E-state index is 11.3. The number of hydrogen-bond donors (Lipinski definition) is 0. The molecule has 2 heterocycles. The highest BCUT2D eigenvalue weighted by Gasteiger charge is 2.11.